The fourth-order valence-electron chi connectivity index (χ4n) is 6.81. The molecule has 0 heterocycles. The molecule has 0 radical (unpaired) electrons. The van der Waals surface area contributed by atoms with E-state index in [4.69, 9.17) is 24.3 Å². The van der Waals surface area contributed by atoms with Crippen LogP contribution in [-0.2, 0) is 27.9 Å². The zero-order chi connectivity index (χ0) is 43.7. The SMILES string of the molecule is CC/C=C\C/C=C\C/C=C\C/C=C\CCCCCCC(=O)OC(COCCCCCCCCCCCCCC/C=C\CCCCCCCCCC)COP(=O)(O)OCCN. The minimum Gasteiger partial charge on any atom is -0.457 e. The molecule has 60 heavy (non-hydrogen) atoms. The highest BCUT2D eigenvalue weighted by Crippen LogP contribution is 2.43. The highest BCUT2D eigenvalue weighted by molar-refractivity contribution is 7.47. The molecule has 0 saturated heterocycles. The standard InChI is InChI=1S/C51H94NO7P/c1-3-5-7-9-11-13-15-17-19-21-22-23-24-25-26-27-29-31-33-35-37-39-41-43-46-56-48-50(49-58-60(54,55)57-47-45-52)59-51(53)44-42-40-38-36-34-32-30-28-20-18-16-14-12-10-8-6-4-2/h6,8,12,14,18,20-22,30,32,50H,3-5,7,9-11,13,15-17,19,23-29,31,33-49,52H2,1-2H3,(H,54,55)/b8-6-,14-12-,20-18-,22-21-,32-30-. The maximum atomic E-state index is 12.6. The summed E-state index contributed by atoms with van der Waals surface area (Å²) >= 11 is 0. The Labute approximate surface area is 370 Å². The van der Waals surface area contributed by atoms with Crippen LogP contribution >= 0.6 is 7.82 Å². The van der Waals surface area contributed by atoms with Gasteiger partial charge in [-0.05, 0) is 77.0 Å². The van der Waals surface area contributed by atoms with Crippen LogP contribution in [0.2, 0.25) is 0 Å². The second-order valence-corrected chi connectivity index (χ2v) is 17.7. The van der Waals surface area contributed by atoms with Crippen molar-refractivity contribution in [2.75, 3.05) is 33.0 Å². The molecule has 0 amide bonds. The lowest BCUT2D eigenvalue weighted by Gasteiger charge is -2.20. The Hall–Kier alpha value is -1.80. The lowest BCUT2D eigenvalue weighted by atomic mass is 10.0. The van der Waals surface area contributed by atoms with Crippen molar-refractivity contribution in [1.82, 2.24) is 0 Å². The third-order valence-corrected chi connectivity index (χ3v) is 11.4. The van der Waals surface area contributed by atoms with E-state index in [1.807, 2.05) is 0 Å². The van der Waals surface area contributed by atoms with Crippen molar-refractivity contribution in [2.24, 2.45) is 5.73 Å². The van der Waals surface area contributed by atoms with Gasteiger partial charge in [0.05, 0.1) is 19.8 Å². The number of phosphoric ester groups is 1. The summed E-state index contributed by atoms with van der Waals surface area (Å²) in [5.41, 5.74) is 5.38. The molecule has 0 aliphatic rings. The van der Waals surface area contributed by atoms with E-state index in [1.165, 1.54) is 128 Å². The third kappa shape index (κ3) is 47.3. The first kappa shape index (κ1) is 58.2. The van der Waals surface area contributed by atoms with Crippen molar-refractivity contribution in [1.29, 1.82) is 0 Å². The molecule has 0 aromatic rings. The molecule has 0 rings (SSSR count). The van der Waals surface area contributed by atoms with Gasteiger partial charge in [0.25, 0.3) is 0 Å². The largest absolute Gasteiger partial charge is 0.472 e. The quantitative estimate of drug-likeness (QED) is 0.0269. The normalized spacial score (nSPS) is 13.9. The van der Waals surface area contributed by atoms with Gasteiger partial charge in [0.2, 0.25) is 0 Å². The van der Waals surface area contributed by atoms with E-state index in [0.29, 0.717) is 6.61 Å². The summed E-state index contributed by atoms with van der Waals surface area (Å²) in [6.07, 6.45) is 59.7. The minimum atomic E-state index is -4.29. The summed E-state index contributed by atoms with van der Waals surface area (Å²) in [7, 11) is -4.29. The number of carbonyl (C=O) groups excluding carboxylic acids is 1. The van der Waals surface area contributed by atoms with Crippen molar-refractivity contribution >= 4 is 13.8 Å². The molecule has 0 saturated carbocycles. The molecule has 0 aliphatic heterocycles. The summed E-state index contributed by atoms with van der Waals surface area (Å²) in [6, 6.07) is 0. The number of unbranched alkanes of at least 4 members (excludes halogenated alkanes) is 24. The average molecular weight is 864 g/mol. The number of ether oxygens (including phenoxy) is 2. The molecule has 0 aromatic heterocycles. The van der Waals surface area contributed by atoms with Gasteiger partial charge >= 0.3 is 13.8 Å². The molecule has 2 atom stereocenters. The first-order valence-corrected chi connectivity index (χ1v) is 26.3. The Morgan fingerprint density at radius 1 is 0.517 bits per heavy atom. The van der Waals surface area contributed by atoms with E-state index < -0.39 is 13.9 Å². The Balaban J connectivity index is 3.96. The molecular formula is C51H94NO7P. The van der Waals surface area contributed by atoms with Gasteiger partial charge in [-0.3, -0.25) is 13.8 Å². The number of allylic oxidation sites excluding steroid dienone is 10. The van der Waals surface area contributed by atoms with E-state index in [2.05, 4.69) is 74.6 Å². The highest BCUT2D eigenvalue weighted by Gasteiger charge is 2.25. The molecule has 9 heteroatoms. The molecule has 0 bridgehead atoms. The molecular weight excluding hydrogens is 770 g/mol. The van der Waals surface area contributed by atoms with Crippen LogP contribution in [-0.4, -0.2) is 49.9 Å². The summed E-state index contributed by atoms with van der Waals surface area (Å²) in [5.74, 6) is -0.353. The predicted molar refractivity (Wildman–Crippen MR) is 256 cm³/mol. The van der Waals surface area contributed by atoms with Gasteiger partial charge in [-0.2, -0.15) is 0 Å². The number of carbonyl (C=O) groups is 1. The first-order valence-electron chi connectivity index (χ1n) is 24.8. The van der Waals surface area contributed by atoms with Crippen molar-refractivity contribution in [3.05, 3.63) is 60.8 Å². The van der Waals surface area contributed by atoms with Gasteiger partial charge in [-0.15, -0.1) is 0 Å². The Kier molecular flexibility index (Phi) is 46.8. The van der Waals surface area contributed by atoms with Crippen LogP contribution in [0.5, 0.6) is 0 Å². The second-order valence-electron chi connectivity index (χ2n) is 16.3. The van der Waals surface area contributed by atoms with Crippen LogP contribution < -0.4 is 5.73 Å². The molecule has 0 fully saturated rings. The van der Waals surface area contributed by atoms with E-state index in [9.17, 15) is 14.3 Å². The van der Waals surface area contributed by atoms with Crippen molar-refractivity contribution in [3.63, 3.8) is 0 Å². The summed E-state index contributed by atoms with van der Waals surface area (Å²) < 4.78 is 33.5. The van der Waals surface area contributed by atoms with Crippen LogP contribution in [0.4, 0.5) is 0 Å². The van der Waals surface area contributed by atoms with Crippen LogP contribution in [0.3, 0.4) is 0 Å². The maximum absolute atomic E-state index is 12.6. The average Bonchev–Trinajstić information content (AvgIpc) is 3.24. The molecule has 0 spiro atoms. The number of hydrogen-bond donors (Lipinski definition) is 2. The van der Waals surface area contributed by atoms with Gasteiger partial charge in [0.15, 0.2) is 0 Å². The Morgan fingerprint density at radius 3 is 1.42 bits per heavy atom. The minimum absolute atomic E-state index is 0.0940. The number of phosphoric acid groups is 1. The smallest absolute Gasteiger partial charge is 0.457 e. The zero-order valence-corrected chi connectivity index (χ0v) is 39.8. The monoisotopic (exact) mass is 864 g/mol. The molecule has 2 unspecified atom stereocenters. The van der Waals surface area contributed by atoms with Crippen LogP contribution in [0.25, 0.3) is 0 Å². The number of rotatable bonds is 47. The van der Waals surface area contributed by atoms with Crippen LogP contribution in [0.15, 0.2) is 60.8 Å². The lowest BCUT2D eigenvalue weighted by molar-refractivity contribution is -0.154. The predicted octanol–water partition coefficient (Wildman–Crippen LogP) is 15.3. The molecule has 8 nitrogen and oxygen atoms in total. The summed E-state index contributed by atoms with van der Waals surface area (Å²) in [6.45, 7) is 4.79. The Bertz CT molecular complexity index is 1110. The van der Waals surface area contributed by atoms with Crippen molar-refractivity contribution in [3.8, 4) is 0 Å². The van der Waals surface area contributed by atoms with Crippen LogP contribution in [0.1, 0.15) is 219 Å². The highest BCUT2D eigenvalue weighted by atomic mass is 31.2. The maximum Gasteiger partial charge on any atom is 0.472 e. The van der Waals surface area contributed by atoms with Gasteiger partial charge in [0, 0.05) is 19.6 Å². The summed E-state index contributed by atoms with van der Waals surface area (Å²) in [4.78, 5) is 22.5. The van der Waals surface area contributed by atoms with Crippen LogP contribution in [0, 0.1) is 0 Å². The van der Waals surface area contributed by atoms with Gasteiger partial charge in [-0.1, -0.05) is 197 Å². The topological polar surface area (TPSA) is 117 Å². The van der Waals surface area contributed by atoms with E-state index in [-0.39, 0.29) is 38.8 Å². The lowest BCUT2D eigenvalue weighted by Crippen LogP contribution is -2.28. The number of hydrogen-bond acceptors (Lipinski definition) is 7. The van der Waals surface area contributed by atoms with E-state index >= 15 is 0 Å². The second kappa shape index (κ2) is 48.2. The number of nitrogens with two attached hydrogens (primary N) is 1. The number of esters is 1. The van der Waals surface area contributed by atoms with Crippen molar-refractivity contribution in [2.45, 2.75) is 225 Å². The molecule has 3 N–H and O–H groups in total. The Morgan fingerprint density at radius 2 is 0.933 bits per heavy atom. The van der Waals surface area contributed by atoms with Gasteiger partial charge < -0.3 is 20.1 Å². The fourth-order valence-corrected chi connectivity index (χ4v) is 7.57. The first-order chi connectivity index (χ1) is 29.4. The van der Waals surface area contributed by atoms with Crippen molar-refractivity contribution < 1.29 is 32.8 Å². The molecule has 0 aromatic carbocycles. The van der Waals surface area contributed by atoms with E-state index in [1.54, 1.807) is 0 Å². The third-order valence-electron chi connectivity index (χ3n) is 10.4. The molecule has 0 aliphatic carbocycles. The molecule has 350 valence electrons. The van der Waals surface area contributed by atoms with Gasteiger partial charge in [-0.25, -0.2) is 4.57 Å². The zero-order valence-electron chi connectivity index (χ0n) is 38.9. The fraction of sp³-hybridized carbons (Fsp3) is 0.784. The van der Waals surface area contributed by atoms with E-state index in [0.717, 1.165) is 70.6 Å². The summed E-state index contributed by atoms with van der Waals surface area (Å²) in [5, 5.41) is 0. The van der Waals surface area contributed by atoms with Gasteiger partial charge in [0.1, 0.15) is 6.10 Å².